The van der Waals surface area contributed by atoms with E-state index in [2.05, 4.69) is 10.6 Å². The molecule has 90 valence electrons. The average molecular weight is 243 g/mol. The summed E-state index contributed by atoms with van der Waals surface area (Å²) in [5.74, 6) is 0.387. The van der Waals surface area contributed by atoms with E-state index in [9.17, 15) is 4.79 Å². The van der Waals surface area contributed by atoms with Gasteiger partial charge in [-0.25, -0.2) is 0 Å². The highest BCUT2D eigenvalue weighted by molar-refractivity contribution is 7.19. The van der Waals surface area contributed by atoms with E-state index in [1.54, 1.807) is 7.05 Å². The van der Waals surface area contributed by atoms with Crippen molar-refractivity contribution in [3.63, 3.8) is 0 Å². The van der Waals surface area contributed by atoms with Crippen molar-refractivity contribution >= 4 is 27.9 Å². The van der Waals surface area contributed by atoms with Gasteiger partial charge >= 0.3 is 0 Å². The number of anilines is 2. The second kappa shape index (κ2) is 5.60. The van der Waals surface area contributed by atoms with Gasteiger partial charge in [0.15, 0.2) is 5.75 Å². The number of hydrogen-bond acceptors (Lipinski definition) is 5. The molecular weight excluding hydrogens is 226 g/mol. The van der Waals surface area contributed by atoms with E-state index in [1.165, 1.54) is 18.4 Å². The van der Waals surface area contributed by atoms with Crippen LogP contribution in [0.3, 0.4) is 0 Å². The lowest BCUT2D eigenvalue weighted by Gasteiger charge is -2.02. The monoisotopic (exact) mass is 243 g/mol. The summed E-state index contributed by atoms with van der Waals surface area (Å²) >= 11 is 1.30. The van der Waals surface area contributed by atoms with E-state index >= 15 is 0 Å². The molecule has 0 radical (unpaired) electrons. The lowest BCUT2D eigenvalue weighted by Crippen LogP contribution is -2.23. The van der Waals surface area contributed by atoms with E-state index in [1.807, 2.05) is 6.92 Å². The lowest BCUT2D eigenvalue weighted by atomic mass is 10.3. The summed E-state index contributed by atoms with van der Waals surface area (Å²) in [7, 11) is 3.30. The fraction of sp³-hybridized carbons (Fsp3) is 0.500. The third kappa shape index (κ3) is 2.38. The third-order valence-corrected chi connectivity index (χ3v) is 3.28. The largest absolute Gasteiger partial charge is 0.492 e. The zero-order valence-electron chi connectivity index (χ0n) is 9.72. The lowest BCUT2D eigenvalue weighted by molar-refractivity contribution is 0.0958. The van der Waals surface area contributed by atoms with Crippen LogP contribution >= 0.6 is 11.3 Å². The van der Waals surface area contributed by atoms with E-state index < -0.39 is 0 Å². The summed E-state index contributed by atoms with van der Waals surface area (Å²) in [5.41, 5.74) is 6.24. The van der Waals surface area contributed by atoms with Gasteiger partial charge in [0.05, 0.1) is 7.11 Å². The van der Waals surface area contributed by atoms with Crippen molar-refractivity contribution in [1.29, 1.82) is 0 Å². The number of ether oxygens (including phenoxy) is 1. The average Bonchev–Trinajstić information content (AvgIpc) is 2.62. The predicted molar refractivity (Wildman–Crippen MR) is 67.5 cm³/mol. The van der Waals surface area contributed by atoms with Crippen LogP contribution in [0.4, 0.5) is 10.7 Å². The molecule has 0 saturated carbocycles. The molecule has 1 aromatic rings. The molecule has 4 N–H and O–H groups in total. The van der Waals surface area contributed by atoms with Crippen molar-refractivity contribution in [2.75, 3.05) is 31.8 Å². The fourth-order valence-corrected chi connectivity index (χ4v) is 2.24. The van der Waals surface area contributed by atoms with Gasteiger partial charge in [-0.15, -0.1) is 11.3 Å². The quantitative estimate of drug-likeness (QED) is 0.733. The topological polar surface area (TPSA) is 76.4 Å². The molecule has 1 rings (SSSR count). The highest BCUT2D eigenvalue weighted by atomic mass is 32.1. The zero-order chi connectivity index (χ0) is 12.1. The molecule has 1 amide bonds. The summed E-state index contributed by atoms with van der Waals surface area (Å²) in [5, 5.41) is 6.50. The molecule has 0 aromatic carbocycles. The first-order valence-electron chi connectivity index (χ1n) is 5.07. The van der Waals surface area contributed by atoms with Gasteiger partial charge in [-0.3, -0.25) is 4.79 Å². The number of nitrogen functional groups attached to an aromatic ring is 1. The molecule has 0 saturated heterocycles. The maximum Gasteiger partial charge on any atom is 0.263 e. The van der Waals surface area contributed by atoms with Crippen LogP contribution in [0.1, 0.15) is 23.0 Å². The summed E-state index contributed by atoms with van der Waals surface area (Å²) in [6.45, 7) is 2.64. The maximum atomic E-state index is 11.8. The van der Waals surface area contributed by atoms with Crippen LogP contribution in [-0.2, 0) is 0 Å². The van der Waals surface area contributed by atoms with Crippen LogP contribution in [0.15, 0.2) is 0 Å². The van der Waals surface area contributed by atoms with Gasteiger partial charge in [0.2, 0.25) is 0 Å². The van der Waals surface area contributed by atoms with Gasteiger partial charge in [0.25, 0.3) is 5.91 Å². The van der Waals surface area contributed by atoms with Crippen LogP contribution in [0.5, 0.6) is 5.75 Å². The number of carbonyl (C=O) groups excluding carboxylic acids is 1. The number of hydrogen-bond donors (Lipinski definition) is 3. The highest BCUT2D eigenvalue weighted by Crippen LogP contribution is 2.41. The molecule has 0 bridgehead atoms. The molecule has 16 heavy (non-hydrogen) atoms. The van der Waals surface area contributed by atoms with Gasteiger partial charge in [0, 0.05) is 13.6 Å². The fourth-order valence-electron chi connectivity index (χ4n) is 1.28. The number of nitrogens with two attached hydrogens (primary N) is 1. The molecule has 0 aliphatic rings. The molecule has 5 nitrogen and oxygen atoms in total. The molecule has 1 heterocycles. The first kappa shape index (κ1) is 12.6. The van der Waals surface area contributed by atoms with E-state index in [-0.39, 0.29) is 5.91 Å². The van der Waals surface area contributed by atoms with Gasteiger partial charge in [-0.05, 0) is 6.42 Å². The Kier molecular flexibility index (Phi) is 4.42. The normalized spacial score (nSPS) is 9.94. The van der Waals surface area contributed by atoms with E-state index in [0.717, 1.165) is 11.4 Å². The van der Waals surface area contributed by atoms with Crippen molar-refractivity contribution < 1.29 is 9.53 Å². The Morgan fingerprint density at radius 2 is 2.25 bits per heavy atom. The summed E-state index contributed by atoms with van der Waals surface area (Å²) in [6, 6.07) is 0. The van der Waals surface area contributed by atoms with E-state index in [4.69, 9.17) is 10.5 Å². The minimum atomic E-state index is -0.149. The maximum absolute atomic E-state index is 11.8. The summed E-state index contributed by atoms with van der Waals surface area (Å²) in [6.07, 6.45) is 0.896. The van der Waals surface area contributed by atoms with Crippen LogP contribution in [0.25, 0.3) is 0 Å². The van der Waals surface area contributed by atoms with Crippen LogP contribution in [-0.4, -0.2) is 26.6 Å². The van der Waals surface area contributed by atoms with Gasteiger partial charge in [-0.1, -0.05) is 6.92 Å². The van der Waals surface area contributed by atoms with Crippen molar-refractivity contribution in [3.8, 4) is 5.75 Å². The second-order valence-corrected chi connectivity index (χ2v) is 4.23. The molecule has 0 aliphatic carbocycles. The Morgan fingerprint density at radius 3 is 2.69 bits per heavy atom. The number of methoxy groups -OCH3 is 1. The summed E-state index contributed by atoms with van der Waals surface area (Å²) < 4.78 is 5.15. The smallest absolute Gasteiger partial charge is 0.263 e. The zero-order valence-corrected chi connectivity index (χ0v) is 10.5. The predicted octanol–water partition coefficient (Wildman–Crippen LogP) is 1.52. The standard InChI is InChI=1S/C10H17N3O2S/c1-4-5-13-9(14)8-6(11)7(15-3)10(12-2)16-8/h12H,4-5,11H2,1-3H3,(H,13,14). The first-order chi connectivity index (χ1) is 7.65. The molecular formula is C10H17N3O2S. The number of amides is 1. The number of thiophene rings is 1. The van der Waals surface area contributed by atoms with Crippen LogP contribution < -0.4 is 21.1 Å². The van der Waals surface area contributed by atoms with Gasteiger partial charge < -0.3 is 21.1 Å². The molecule has 6 heteroatoms. The van der Waals surface area contributed by atoms with Crippen molar-refractivity contribution in [2.24, 2.45) is 0 Å². The van der Waals surface area contributed by atoms with Crippen molar-refractivity contribution in [2.45, 2.75) is 13.3 Å². The Balaban J connectivity index is 2.96. The second-order valence-electron chi connectivity index (χ2n) is 3.21. The summed E-state index contributed by atoms with van der Waals surface area (Å²) in [4.78, 5) is 12.3. The van der Waals surface area contributed by atoms with E-state index in [0.29, 0.717) is 22.9 Å². The van der Waals surface area contributed by atoms with Gasteiger partial charge in [0.1, 0.15) is 15.6 Å². The minimum absolute atomic E-state index is 0.149. The van der Waals surface area contributed by atoms with Crippen molar-refractivity contribution in [1.82, 2.24) is 5.32 Å². The highest BCUT2D eigenvalue weighted by Gasteiger charge is 2.20. The minimum Gasteiger partial charge on any atom is -0.492 e. The third-order valence-electron chi connectivity index (χ3n) is 2.07. The Bertz CT molecular complexity index is 376. The SMILES string of the molecule is CCCNC(=O)c1sc(NC)c(OC)c1N. The molecule has 0 atom stereocenters. The molecule has 0 unspecified atom stereocenters. The first-order valence-corrected chi connectivity index (χ1v) is 5.89. The van der Waals surface area contributed by atoms with Crippen LogP contribution in [0.2, 0.25) is 0 Å². The molecule has 0 aliphatic heterocycles. The Labute approximate surface area is 99.0 Å². The molecule has 1 aromatic heterocycles. The number of rotatable bonds is 5. The van der Waals surface area contributed by atoms with Crippen LogP contribution in [0, 0.1) is 0 Å². The molecule has 0 fully saturated rings. The number of nitrogens with one attached hydrogen (secondary N) is 2. The number of carbonyl (C=O) groups is 1. The Hall–Kier alpha value is -1.43. The Morgan fingerprint density at radius 1 is 1.56 bits per heavy atom. The molecule has 0 spiro atoms. The van der Waals surface area contributed by atoms with Gasteiger partial charge in [-0.2, -0.15) is 0 Å². The van der Waals surface area contributed by atoms with Crippen molar-refractivity contribution in [3.05, 3.63) is 4.88 Å².